The van der Waals surface area contributed by atoms with Gasteiger partial charge < -0.3 is 10.4 Å². The van der Waals surface area contributed by atoms with Crippen LogP contribution in [0.25, 0.3) is 0 Å². The largest absolute Gasteiger partial charge is 0.480 e. The topological polar surface area (TPSA) is 78.4 Å². The van der Waals surface area contributed by atoms with E-state index in [1.54, 1.807) is 30.3 Å². The number of fused-ring (bicyclic) bond motifs is 2. The number of benzene rings is 2. The lowest BCUT2D eigenvalue weighted by atomic mass is 9.62. The van der Waals surface area contributed by atoms with Crippen LogP contribution in [0.5, 0.6) is 0 Å². The molecule has 4 atom stereocenters. The van der Waals surface area contributed by atoms with E-state index in [4.69, 9.17) is 23.2 Å². The van der Waals surface area contributed by atoms with E-state index in [0.717, 1.165) is 11.1 Å². The molecule has 2 aliphatic heterocycles. The zero-order valence-electron chi connectivity index (χ0n) is 17.0. The molecule has 0 aromatic heterocycles. The van der Waals surface area contributed by atoms with Gasteiger partial charge in [-0.1, -0.05) is 62.2 Å². The van der Waals surface area contributed by atoms with Crippen LogP contribution >= 0.6 is 23.2 Å². The Kier molecular flexibility index (Phi) is 5.12. The number of nitrogens with one attached hydrogen (secondary N) is 2. The third kappa shape index (κ3) is 3.29. The van der Waals surface area contributed by atoms with Crippen molar-refractivity contribution in [3.8, 4) is 0 Å². The van der Waals surface area contributed by atoms with E-state index in [1.165, 1.54) is 0 Å². The Labute approximate surface area is 185 Å². The molecule has 2 aromatic rings. The monoisotopic (exact) mass is 446 g/mol. The zero-order valence-corrected chi connectivity index (χ0v) is 18.5. The summed E-state index contributed by atoms with van der Waals surface area (Å²) in [5, 5.41) is 17.4. The Balaban J connectivity index is 2.00. The highest BCUT2D eigenvalue weighted by molar-refractivity contribution is 6.31. The van der Waals surface area contributed by atoms with Crippen molar-refractivity contribution in [2.75, 3.05) is 5.32 Å². The number of anilines is 1. The molecule has 1 saturated heterocycles. The van der Waals surface area contributed by atoms with E-state index < -0.39 is 23.3 Å². The molecule has 5 nitrogen and oxygen atoms in total. The van der Waals surface area contributed by atoms with Crippen molar-refractivity contribution in [3.05, 3.63) is 63.6 Å². The van der Waals surface area contributed by atoms with Gasteiger partial charge in [-0.15, -0.1) is 0 Å². The highest BCUT2D eigenvalue weighted by atomic mass is 35.5. The van der Waals surface area contributed by atoms with Crippen molar-refractivity contribution in [1.82, 2.24) is 5.32 Å². The van der Waals surface area contributed by atoms with Crippen LogP contribution in [0, 0.1) is 5.41 Å². The molecule has 1 amide bonds. The van der Waals surface area contributed by atoms with Gasteiger partial charge in [0.25, 0.3) is 0 Å². The van der Waals surface area contributed by atoms with E-state index in [0.29, 0.717) is 22.2 Å². The minimum atomic E-state index is -1.10. The van der Waals surface area contributed by atoms with Crippen molar-refractivity contribution in [2.45, 2.75) is 50.6 Å². The molecule has 0 aliphatic carbocycles. The minimum Gasteiger partial charge on any atom is -0.480 e. The fourth-order valence-corrected chi connectivity index (χ4v) is 5.48. The molecule has 0 bridgehead atoms. The van der Waals surface area contributed by atoms with Gasteiger partial charge in [-0.2, -0.15) is 0 Å². The molecule has 1 fully saturated rings. The van der Waals surface area contributed by atoms with Gasteiger partial charge in [-0.3, -0.25) is 14.9 Å². The van der Waals surface area contributed by atoms with Crippen LogP contribution in [-0.2, 0) is 15.0 Å². The molecular formula is C23H24Cl2N2O3. The van der Waals surface area contributed by atoms with Crippen molar-refractivity contribution >= 4 is 40.8 Å². The van der Waals surface area contributed by atoms with Gasteiger partial charge in [0.1, 0.15) is 11.5 Å². The fourth-order valence-electron chi connectivity index (χ4n) is 5.11. The molecule has 0 saturated carbocycles. The summed E-state index contributed by atoms with van der Waals surface area (Å²) in [6.07, 6.45) is 0.614. The molecule has 30 heavy (non-hydrogen) atoms. The molecule has 1 spiro atoms. The van der Waals surface area contributed by atoms with E-state index in [9.17, 15) is 14.7 Å². The van der Waals surface area contributed by atoms with Crippen LogP contribution in [-0.4, -0.2) is 29.1 Å². The lowest BCUT2D eigenvalue weighted by Gasteiger charge is -2.37. The highest BCUT2D eigenvalue weighted by Gasteiger charge is 2.65. The van der Waals surface area contributed by atoms with Gasteiger partial charge >= 0.3 is 5.97 Å². The molecule has 2 aromatic carbocycles. The van der Waals surface area contributed by atoms with Gasteiger partial charge in [0, 0.05) is 27.7 Å². The van der Waals surface area contributed by atoms with E-state index >= 15 is 0 Å². The molecule has 2 heterocycles. The Morgan fingerprint density at radius 3 is 2.47 bits per heavy atom. The zero-order chi connectivity index (χ0) is 21.8. The van der Waals surface area contributed by atoms with Gasteiger partial charge in [0.05, 0.1) is 0 Å². The minimum absolute atomic E-state index is 0.133. The highest BCUT2D eigenvalue weighted by Crippen LogP contribution is 2.56. The molecule has 2 aliphatic rings. The number of carboxylic acids is 1. The van der Waals surface area contributed by atoms with Crippen molar-refractivity contribution in [2.24, 2.45) is 5.41 Å². The number of halogens is 2. The number of amides is 1. The van der Waals surface area contributed by atoms with Crippen LogP contribution in [0.1, 0.15) is 44.2 Å². The molecule has 158 valence electrons. The second kappa shape index (κ2) is 7.26. The van der Waals surface area contributed by atoms with Gasteiger partial charge in [0.15, 0.2) is 0 Å². The van der Waals surface area contributed by atoms with Crippen LogP contribution in [0.4, 0.5) is 5.69 Å². The SMILES string of the molecule is CC(C)(C)C[C@H]1N[C@H](C(=O)O)[C@@H](c2cccc(Cl)c2)C12C(=O)Nc1cc(Cl)ccc12. The number of rotatable bonds is 3. The van der Waals surface area contributed by atoms with Crippen LogP contribution in [0.3, 0.4) is 0 Å². The Hall–Kier alpha value is -2.08. The Morgan fingerprint density at radius 1 is 1.13 bits per heavy atom. The predicted molar refractivity (Wildman–Crippen MR) is 118 cm³/mol. The summed E-state index contributed by atoms with van der Waals surface area (Å²) in [5.41, 5.74) is 0.892. The number of hydrogen-bond donors (Lipinski definition) is 3. The summed E-state index contributed by atoms with van der Waals surface area (Å²) < 4.78 is 0. The third-order valence-electron chi connectivity index (χ3n) is 6.10. The van der Waals surface area contributed by atoms with Gasteiger partial charge in [-0.05, 0) is 47.2 Å². The standard InChI is InChI=1S/C23H24Cl2N2O3/c1-22(2,3)11-17-23(15-8-7-14(25)10-16(15)26-21(23)30)18(19(27-17)20(28)29)12-5-4-6-13(24)9-12/h4-10,17-19,27H,11H2,1-3H3,(H,26,30)(H,28,29)/t17-,18-,19+,23?/m1/s1. The first-order valence-corrected chi connectivity index (χ1v) is 10.7. The van der Waals surface area contributed by atoms with Crippen molar-refractivity contribution in [1.29, 1.82) is 0 Å². The Bertz CT molecular complexity index is 1030. The summed E-state index contributed by atoms with van der Waals surface area (Å²) in [7, 11) is 0. The van der Waals surface area contributed by atoms with Crippen molar-refractivity contribution in [3.63, 3.8) is 0 Å². The van der Waals surface area contributed by atoms with Gasteiger partial charge in [0.2, 0.25) is 5.91 Å². The fraction of sp³-hybridized carbons (Fsp3) is 0.391. The summed E-state index contributed by atoms with van der Waals surface area (Å²) in [6, 6.07) is 11.1. The molecule has 7 heteroatoms. The van der Waals surface area contributed by atoms with E-state index in [-0.39, 0.29) is 17.4 Å². The number of hydrogen-bond acceptors (Lipinski definition) is 3. The lowest BCUT2D eigenvalue weighted by molar-refractivity contribution is -0.139. The van der Waals surface area contributed by atoms with Crippen LogP contribution in [0.15, 0.2) is 42.5 Å². The molecule has 1 unspecified atom stereocenters. The average Bonchev–Trinajstić information content (AvgIpc) is 3.10. The lowest BCUT2D eigenvalue weighted by Crippen LogP contribution is -2.49. The maximum absolute atomic E-state index is 13.7. The summed E-state index contributed by atoms with van der Waals surface area (Å²) >= 11 is 12.4. The van der Waals surface area contributed by atoms with Crippen LogP contribution < -0.4 is 10.6 Å². The van der Waals surface area contributed by atoms with Crippen LogP contribution in [0.2, 0.25) is 10.0 Å². The summed E-state index contributed by atoms with van der Waals surface area (Å²) in [4.78, 5) is 26.0. The first kappa shape index (κ1) is 21.2. The summed E-state index contributed by atoms with van der Waals surface area (Å²) in [5.74, 6) is -1.84. The number of carbonyl (C=O) groups excluding carboxylic acids is 1. The van der Waals surface area contributed by atoms with Gasteiger partial charge in [-0.25, -0.2) is 0 Å². The van der Waals surface area contributed by atoms with E-state index in [1.807, 2.05) is 12.1 Å². The molecular weight excluding hydrogens is 423 g/mol. The molecule has 4 rings (SSSR count). The second-order valence-corrected chi connectivity index (χ2v) is 10.2. The molecule has 3 N–H and O–H groups in total. The maximum atomic E-state index is 13.7. The second-order valence-electron chi connectivity index (χ2n) is 9.35. The molecule has 0 radical (unpaired) electrons. The number of aliphatic carboxylic acids is 1. The first-order valence-electron chi connectivity index (χ1n) is 9.90. The average molecular weight is 447 g/mol. The normalized spacial score (nSPS) is 27.9. The smallest absolute Gasteiger partial charge is 0.321 e. The van der Waals surface area contributed by atoms with E-state index in [2.05, 4.69) is 31.4 Å². The summed E-state index contributed by atoms with van der Waals surface area (Å²) in [6.45, 7) is 6.25. The van der Waals surface area contributed by atoms with Crippen molar-refractivity contribution < 1.29 is 14.7 Å². The quantitative estimate of drug-likeness (QED) is 0.630. The number of carboxylic acid groups (broad SMARTS) is 1. The maximum Gasteiger partial charge on any atom is 0.321 e. The number of carbonyl (C=O) groups is 2. The first-order chi connectivity index (χ1) is 14.0. The third-order valence-corrected chi connectivity index (χ3v) is 6.57. The predicted octanol–water partition coefficient (Wildman–Crippen LogP) is 4.83. The Morgan fingerprint density at radius 2 is 1.83 bits per heavy atom.